The minimum atomic E-state index is -0.345. The molecule has 3 aromatic heterocycles. The summed E-state index contributed by atoms with van der Waals surface area (Å²) >= 11 is 6.49. The van der Waals surface area contributed by atoms with Gasteiger partial charge in [0.25, 0.3) is 11.8 Å². The van der Waals surface area contributed by atoms with Crippen molar-refractivity contribution in [3.63, 3.8) is 0 Å². The van der Waals surface area contributed by atoms with Crippen molar-refractivity contribution in [1.82, 2.24) is 15.0 Å². The monoisotopic (exact) mass is 475 g/mol. The Morgan fingerprint density at radius 3 is 1.69 bits per heavy atom. The quantitative estimate of drug-likeness (QED) is 0.556. The molecular formula is C17H11Br2N5O2. The van der Waals surface area contributed by atoms with E-state index in [9.17, 15) is 9.59 Å². The highest BCUT2D eigenvalue weighted by Crippen LogP contribution is 2.13. The van der Waals surface area contributed by atoms with Crippen molar-refractivity contribution >= 4 is 55.3 Å². The molecule has 7 nitrogen and oxygen atoms in total. The molecule has 2 N–H and O–H groups in total. The zero-order valence-corrected chi connectivity index (χ0v) is 16.3. The van der Waals surface area contributed by atoms with Crippen molar-refractivity contribution in [2.45, 2.75) is 0 Å². The summed E-state index contributed by atoms with van der Waals surface area (Å²) in [5.41, 5.74) is 0.746. The van der Waals surface area contributed by atoms with E-state index >= 15 is 0 Å². The van der Waals surface area contributed by atoms with E-state index in [1.165, 1.54) is 12.4 Å². The number of nitrogens with one attached hydrogen (secondary N) is 2. The van der Waals surface area contributed by atoms with Crippen LogP contribution < -0.4 is 10.6 Å². The number of carbonyl (C=O) groups excluding carboxylic acids is 2. The van der Waals surface area contributed by atoms with E-state index in [1.54, 1.807) is 42.6 Å². The van der Waals surface area contributed by atoms with E-state index in [-0.39, 0.29) is 11.8 Å². The zero-order valence-electron chi connectivity index (χ0n) is 13.1. The van der Waals surface area contributed by atoms with Crippen LogP contribution in [0.2, 0.25) is 0 Å². The fourth-order valence-corrected chi connectivity index (χ4v) is 2.41. The number of amides is 2. The minimum absolute atomic E-state index is 0.330. The van der Waals surface area contributed by atoms with Crippen molar-refractivity contribution < 1.29 is 9.59 Å². The molecule has 0 saturated heterocycles. The molecule has 0 fully saturated rings. The first-order valence-corrected chi connectivity index (χ1v) is 8.92. The molecule has 0 saturated carbocycles. The van der Waals surface area contributed by atoms with Gasteiger partial charge in [0.2, 0.25) is 0 Å². The number of hydrogen-bond acceptors (Lipinski definition) is 5. The van der Waals surface area contributed by atoms with Gasteiger partial charge in [0.05, 0.1) is 11.1 Å². The zero-order chi connectivity index (χ0) is 18.5. The molecule has 0 aliphatic heterocycles. The average Bonchev–Trinajstić information content (AvgIpc) is 2.64. The number of anilines is 2. The molecule has 0 aromatic carbocycles. The number of aromatic nitrogens is 3. The number of pyridine rings is 3. The lowest BCUT2D eigenvalue weighted by Gasteiger charge is -2.06. The van der Waals surface area contributed by atoms with Gasteiger partial charge in [-0.25, -0.2) is 15.0 Å². The molecule has 9 heteroatoms. The Balaban J connectivity index is 1.64. The summed E-state index contributed by atoms with van der Waals surface area (Å²) in [6.45, 7) is 0. The van der Waals surface area contributed by atoms with Crippen LogP contribution in [0.1, 0.15) is 20.7 Å². The summed E-state index contributed by atoms with van der Waals surface area (Å²) in [4.78, 5) is 36.5. The topological polar surface area (TPSA) is 96.9 Å². The Bertz CT molecular complexity index is 929. The Kier molecular flexibility index (Phi) is 5.69. The predicted octanol–water partition coefficient (Wildman–Crippen LogP) is 3.90. The van der Waals surface area contributed by atoms with Crippen LogP contribution in [0, 0.1) is 0 Å². The standard InChI is InChI=1S/C17H11Br2N5O2/c18-12-3-6-15(22-9-12)24-17(26)11-2-5-14(21-8-11)23-16(25)10-1-4-13(19)20-7-10/h1-9H,(H,21,23,25)(H,22,24,26). The summed E-state index contributed by atoms with van der Waals surface area (Å²) < 4.78 is 1.46. The van der Waals surface area contributed by atoms with Gasteiger partial charge in [0.15, 0.2) is 0 Å². The van der Waals surface area contributed by atoms with Crippen LogP contribution >= 0.6 is 31.9 Å². The average molecular weight is 477 g/mol. The highest BCUT2D eigenvalue weighted by atomic mass is 79.9. The molecular weight excluding hydrogens is 466 g/mol. The number of rotatable bonds is 4. The summed E-state index contributed by atoms with van der Waals surface area (Å²) in [6, 6.07) is 9.88. The maximum atomic E-state index is 12.2. The first kappa shape index (κ1) is 18.2. The molecule has 0 radical (unpaired) electrons. The number of halogens is 2. The van der Waals surface area contributed by atoms with Crippen molar-refractivity contribution in [2.24, 2.45) is 0 Å². The fourth-order valence-electron chi connectivity index (χ4n) is 1.94. The molecule has 130 valence electrons. The number of nitrogens with zero attached hydrogens (tertiary/aromatic N) is 3. The van der Waals surface area contributed by atoms with Crippen LogP contribution in [0.5, 0.6) is 0 Å². The van der Waals surface area contributed by atoms with Crippen LogP contribution in [-0.4, -0.2) is 26.8 Å². The van der Waals surface area contributed by atoms with Gasteiger partial charge in [-0.05, 0) is 68.3 Å². The van der Waals surface area contributed by atoms with Gasteiger partial charge in [0.1, 0.15) is 16.2 Å². The SMILES string of the molecule is O=C(Nc1ccc(C(=O)Nc2ccc(Br)cn2)cn1)c1ccc(Br)nc1. The molecule has 3 heterocycles. The Morgan fingerprint density at radius 1 is 0.692 bits per heavy atom. The summed E-state index contributed by atoms with van der Waals surface area (Å²) in [7, 11) is 0. The normalized spacial score (nSPS) is 10.2. The lowest BCUT2D eigenvalue weighted by molar-refractivity contribution is 0.101. The lowest BCUT2D eigenvalue weighted by atomic mass is 10.2. The Labute approximate surface area is 165 Å². The van der Waals surface area contributed by atoms with Gasteiger partial charge in [-0.2, -0.15) is 0 Å². The van der Waals surface area contributed by atoms with Gasteiger partial charge >= 0.3 is 0 Å². The molecule has 26 heavy (non-hydrogen) atoms. The fraction of sp³-hybridized carbons (Fsp3) is 0. The van der Waals surface area contributed by atoms with Crippen molar-refractivity contribution in [2.75, 3.05) is 10.6 Å². The molecule has 2 amide bonds. The van der Waals surface area contributed by atoms with E-state index in [0.717, 1.165) is 4.47 Å². The molecule has 3 aromatic rings. The van der Waals surface area contributed by atoms with Crippen molar-refractivity contribution in [3.05, 3.63) is 75.2 Å². The Hall–Kier alpha value is -2.65. The molecule has 0 spiro atoms. The van der Waals surface area contributed by atoms with E-state index in [0.29, 0.717) is 27.4 Å². The summed E-state index contributed by atoms with van der Waals surface area (Å²) in [5.74, 6) is 0.0747. The third-order valence-electron chi connectivity index (χ3n) is 3.23. The van der Waals surface area contributed by atoms with Gasteiger partial charge in [-0.15, -0.1) is 0 Å². The molecule has 0 bridgehead atoms. The summed E-state index contributed by atoms with van der Waals surface area (Å²) in [6.07, 6.45) is 4.42. The third-order valence-corrected chi connectivity index (χ3v) is 4.16. The maximum Gasteiger partial charge on any atom is 0.258 e. The van der Waals surface area contributed by atoms with Crippen LogP contribution in [-0.2, 0) is 0 Å². The van der Waals surface area contributed by atoms with Crippen molar-refractivity contribution in [3.8, 4) is 0 Å². The van der Waals surface area contributed by atoms with E-state index in [2.05, 4.69) is 57.4 Å². The molecule has 0 aliphatic carbocycles. The number of carbonyl (C=O) groups is 2. The van der Waals surface area contributed by atoms with E-state index in [1.807, 2.05) is 0 Å². The van der Waals surface area contributed by atoms with Gasteiger partial charge in [-0.3, -0.25) is 9.59 Å². The van der Waals surface area contributed by atoms with Crippen LogP contribution in [0.3, 0.4) is 0 Å². The largest absolute Gasteiger partial charge is 0.307 e. The van der Waals surface area contributed by atoms with Gasteiger partial charge in [-0.1, -0.05) is 0 Å². The van der Waals surface area contributed by atoms with Crippen LogP contribution in [0.4, 0.5) is 11.6 Å². The van der Waals surface area contributed by atoms with E-state index < -0.39 is 0 Å². The van der Waals surface area contributed by atoms with Crippen LogP contribution in [0.15, 0.2) is 64.1 Å². The predicted molar refractivity (Wildman–Crippen MR) is 104 cm³/mol. The van der Waals surface area contributed by atoms with Gasteiger partial charge in [0, 0.05) is 23.1 Å². The first-order chi connectivity index (χ1) is 12.5. The molecule has 0 unspecified atom stereocenters. The highest BCUT2D eigenvalue weighted by molar-refractivity contribution is 9.10. The van der Waals surface area contributed by atoms with Crippen molar-refractivity contribution in [1.29, 1.82) is 0 Å². The highest BCUT2D eigenvalue weighted by Gasteiger charge is 2.10. The molecule has 3 rings (SSSR count). The second-order valence-electron chi connectivity index (χ2n) is 5.07. The summed E-state index contributed by atoms with van der Waals surface area (Å²) in [5, 5.41) is 5.31. The number of hydrogen-bond donors (Lipinski definition) is 2. The first-order valence-electron chi connectivity index (χ1n) is 7.33. The van der Waals surface area contributed by atoms with Gasteiger partial charge < -0.3 is 10.6 Å². The third kappa shape index (κ3) is 4.70. The minimum Gasteiger partial charge on any atom is -0.307 e. The Morgan fingerprint density at radius 2 is 1.23 bits per heavy atom. The maximum absolute atomic E-state index is 12.2. The second kappa shape index (κ2) is 8.15. The molecule has 0 atom stereocenters. The second-order valence-corrected chi connectivity index (χ2v) is 6.80. The van der Waals surface area contributed by atoms with Crippen LogP contribution in [0.25, 0.3) is 0 Å². The smallest absolute Gasteiger partial charge is 0.258 e. The molecule has 0 aliphatic rings. The lowest BCUT2D eigenvalue weighted by Crippen LogP contribution is -2.15. The van der Waals surface area contributed by atoms with E-state index in [4.69, 9.17) is 0 Å².